The van der Waals surface area contributed by atoms with Crippen LogP contribution < -0.4 is 10.6 Å². The lowest BCUT2D eigenvalue weighted by Crippen LogP contribution is -2.28. The van der Waals surface area contributed by atoms with E-state index < -0.39 is 0 Å². The Hall–Kier alpha value is -2.62. The van der Waals surface area contributed by atoms with E-state index >= 15 is 0 Å². The van der Waals surface area contributed by atoms with Crippen LogP contribution in [-0.2, 0) is 28.9 Å². The molecule has 1 atom stereocenters. The maximum atomic E-state index is 12.4. The number of anilines is 1. The molecule has 0 fully saturated rings. The molecule has 1 aliphatic rings. The second kappa shape index (κ2) is 8.17. The Labute approximate surface area is 155 Å². The minimum absolute atomic E-state index is 0.00231. The van der Waals surface area contributed by atoms with Gasteiger partial charge in [-0.05, 0) is 67.0 Å². The summed E-state index contributed by atoms with van der Waals surface area (Å²) in [5.74, 6) is -0.100. The predicted molar refractivity (Wildman–Crippen MR) is 104 cm³/mol. The Morgan fingerprint density at radius 2 is 1.69 bits per heavy atom. The van der Waals surface area contributed by atoms with Gasteiger partial charge in [0.25, 0.3) is 0 Å². The molecule has 0 saturated heterocycles. The van der Waals surface area contributed by atoms with Crippen LogP contribution in [0.15, 0.2) is 42.5 Å². The molecule has 0 heterocycles. The van der Waals surface area contributed by atoms with Gasteiger partial charge in [-0.15, -0.1) is 0 Å². The SMILES string of the molecule is CC(=O)Nc1ccc(CC(=O)N[C@H](C)c2ccc3c(c2)CCCC3)cc1. The highest BCUT2D eigenvalue weighted by molar-refractivity contribution is 5.88. The zero-order chi connectivity index (χ0) is 18.5. The van der Waals surface area contributed by atoms with Crippen LogP contribution in [0.25, 0.3) is 0 Å². The smallest absolute Gasteiger partial charge is 0.224 e. The molecule has 3 rings (SSSR count). The van der Waals surface area contributed by atoms with Gasteiger partial charge in [-0.2, -0.15) is 0 Å². The first-order valence-corrected chi connectivity index (χ1v) is 9.29. The molecule has 0 bridgehead atoms. The van der Waals surface area contributed by atoms with Crippen molar-refractivity contribution in [3.8, 4) is 0 Å². The van der Waals surface area contributed by atoms with E-state index in [-0.39, 0.29) is 17.9 Å². The first-order valence-electron chi connectivity index (χ1n) is 9.29. The highest BCUT2D eigenvalue weighted by Gasteiger charge is 2.14. The normalized spacial score (nSPS) is 14.2. The molecule has 2 aromatic rings. The number of nitrogens with one attached hydrogen (secondary N) is 2. The van der Waals surface area contributed by atoms with Crippen molar-refractivity contribution in [1.82, 2.24) is 5.32 Å². The summed E-state index contributed by atoms with van der Waals surface area (Å²) in [6.07, 6.45) is 5.18. The maximum Gasteiger partial charge on any atom is 0.224 e. The number of carbonyl (C=O) groups is 2. The van der Waals surface area contributed by atoms with Gasteiger partial charge >= 0.3 is 0 Å². The fourth-order valence-electron chi connectivity index (χ4n) is 3.49. The predicted octanol–water partition coefficient (Wildman–Crippen LogP) is 3.94. The molecule has 0 spiro atoms. The third kappa shape index (κ3) is 4.72. The molecule has 2 amide bonds. The van der Waals surface area contributed by atoms with Crippen molar-refractivity contribution in [2.75, 3.05) is 5.32 Å². The van der Waals surface area contributed by atoms with Crippen molar-refractivity contribution >= 4 is 17.5 Å². The van der Waals surface area contributed by atoms with Gasteiger partial charge in [-0.25, -0.2) is 0 Å². The molecule has 0 aromatic heterocycles. The number of aryl methyl sites for hydroxylation is 2. The van der Waals surface area contributed by atoms with Gasteiger partial charge in [-0.3, -0.25) is 9.59 Å². The average Bonchev–Trinajstić information content (AvgIpc) is 2.62. The number of carbonyl (C=O) groups excluding carboxylic acids is 2. The number of hydrogen-bond donors (Lipinski definition) is 2. The van der Waals surface area contributed by atoms with Crippen molar-refractivity contribution in [2.24, 2.45) is 0 Å². The molecule has 2 aromatic carbocycles. The molecular formula is C22H26N2O2. The Kier molecular flexibility index (Phi) is 5.71. The summed E-state index contributed by atoms with van der Waals surface area (Å²) in [6.45, 7) is 3.51. The molecule has 0 radical (unpaired) electrons. The molecule has 1 aliphatic carbocycles. The number of benzene rings is 2. The Morgan fingerprint density at radius 1 is 1.00 bits per heavy atom. The summed E-state index contributed by atoms with van der Waals surface area (Å²) >= 11 is 0. The van der Waals surface area contributed by atoms with Gasteiger partial charge < -0.3 is 10.6 Å². The lowest BCUT2D eigenvalue weighted by molar-refractivity contribution is -0.121. The van der Waals surface area contributed by atoms with Crippen LogP contribution in [0.2, 0.25) is 0 Å². The number of fused-ring (bicyclic) bond motifs is 1. The second-order valence-corrected chi connectivity index (χ2v) is 7.08. The van der Waals surface area contributed by atoms with Crippen LogP contribution >= 0.6 is 0 Å². The van der Waals surface area contributed by atoms with Crippen LogP contribution in [0.4, 0.5) is 5.69 Å². The maximum absolute atomic E-state index is 12.4. The van der Waals surface area contributed by atoms with Crippen molar-refractivity contribution in [3.63, 3.8) is 0 Å². The number of hydrogen-bond acceptors (Lipinski definition) is 2. The molecule has 136 valence electrons. The quantitative estimate of drug-likeness (QED) is 0.858. The minimum atomic E-state index is -0.102. The van der Waals surface area contributed by atoms with E-state index in [1.54, 1.807) is 0 Å². The van der Waals surface area contributed by atoms with Crippen LogP contribution in [-0.4, -0.2) is 11.8 Å². The van der Waals surface area contributed by atoms with Crippen molar-refractivity contribution in [3.05, 3.63) is 64.7 Å². The Bertz CT molecular complexity index is 796. The van der Waals surface area contributed by atoms with Crippen LogP contribution in [0.1, 0.15) is 55.0 Å². The third-order valence-electron chi connectivity index (χ3n) is 4.89. The van der Waals surface area contributed by atoms with Gasteiger partial charge in [0.15, 0.2) is 0 Å². The monoisotopic (exact) mass is 350 g/mol. The fourth-order valence-corrected chi connectivity index (χ4v) is 3.49. The average molecular weight is 350 g/mol. The topological polar surface area (TPSA) is 58.2 Å². The molecule has 0 aliphatic heterocycles. The summed E-state index contributed by atoms with van der Waals surface area (Å²) in [5.41, 5.74) is 5.72. The third-order valence-corrected chi connectivity index (χ3v) is 4.89. The molecular weight excluding hydrogens is 324 g/mol. The van der Waals surface area contributed by atoms with Crippen LogP contribution in [0, 0.1) is 0 Å². The zero-order valence-corrected chi connectivity index (χ0v) is 15.5. The highest BCUT2D eigenvalue weighted by Crippen LogP contribution is 2.24. The molecule has 26 heavy (non-hydrogen) atoms. The Balaban J connectivity index is 1.58. The van der Waals surface area contributed by atoms with Gasteiger partial charge in [0.1, 0.15) is 0 Å². The molecule has 4 nitrogen and oxygen atoms in total. The first-order chi connectivity index (χ1) is 12.5. The lowest BCUT2D eigenvalue weighted by Gasteiger charge is -2.20. The van der Waals surface area contributed by atoms with Crippen molar-refractivity contribution < 1.29 is 9.59 Å². The molecule has 0 unspecified atom stereocenters. The van der Waals surface area contributed by atoms with E-state index in [0.29, 0.717) is 6.42 Å². The number of rotatable bonds is 5. The van der Waals surface area contributed by atoms with Crippen molar-refractivity contribution in [1.29, 1.82) is 0 Å². The van der Waals surface area contributed by atoms with Crippen LogP contribution in [0.5, 0.6) is 0 Å². The summed E-state index contributed by atoms with van der Waals surface area (Å²) in [5, 5.41) is 5.81. The van der Waals surface area contributed by atoms with E-state index in [1.807, 2.05) is 31.2 Å². The lowest BCUT2D eigenvalue weighted by atomic mass is 9.89. The van der Waals surface area contributed by atoms with Crippen LogP contribution in [0.3, 0.4) is 0 Å². The van der Waals surface area contributed by atoms with Gasteiger partial charge in [0.2, 0.25) is 11.8 Å². The first kappa shape index (κ1) is 18.2. The summed E-state index contributed by atoms with van der Waals surface area (Å²) in [7, 11) is 0. The van der Waals surface area contributed by atoms with Gasteiger partial charge in [0, 0.05) is 12.6 Å². The fraction of sp³-hybridized carbons (Fsp3) is 0.364. The standard InChI is InChI=1S/C22H26N2O2/c1-15(19-10-9-18-5-3-4-6-20(18)14-19)23-22(26)13-17-7-11-21(12-8-17)24-16(2)25/h7-12,14-15H,3-6,13H2,1-2H3,(H,23,26)(H,24,25)/t15-/m1/s1. The van der Waals surface area contributed by atoms with Gasteiger partial charge in [0.05, 0.1) is 12.5 Å². The van der Waals surface area contributed by atoms with Crippen molar-refractivity contribution in [2.45, 2.75) is 52.0 Å². The highest BCUT2D eigenvalue weighted by atomic mass is 16.2. The van der Waals surface area contributed by atoms with Gasteiger partial charge in [-0.1, -0.05) is 30.3 Å². The zero-order valence-electron chi connectivity index (χ0n) is 15.5. The van der Waals surface area contributed by atoms with E-state index in [4.69, 9.17) is 0 Å². The summed E-state index contributed by atoms with van der Waals surface area (Å²) in [6, 6.07) is 14.0. The second-order valence-electron chi connectivity index (χ2n) is 7.08. The number of amides is 2. The summed E-state index contributed by atoms with van der Waals surface area (Å²) < 4.78 is 0. The summed E-state index contributed by atoms with van der Waals surface area (Å²) in [4.78, 5) is 23.4. The molecule has 4 heteroatoms. The molecule has 0 saturated carbocycles. The van der Waals surface area contributed by atoms with E-state index in [1.165, 1.54) is 42.9 Å². The Morgan fingerprint density at radius 3 is 2.38 bits per heavy atom. The largest absolute Gasteiger partial charge is 0.349 e. The van der Waals surface area contributed by atoms with E-state index in [9.17, 15) is 9.59 Å². The van der Waals surface area contributed by atoms with E-state index in [0.717, 1.165) is 17.7 Å². The van der Waals surface area contributed by atoms with E-state index in [2.05, 4.69) is 28.8 Å². The minimum Gasteiger partial charge on any atom is -0.349 e. The molecule has 2 N–H and O–H groups in total.